The minimum Gasteiger partial charge on any atom is -0.387 e. The van der Waals surface area contributed by atoms with Gasteiger partial charge in [-0.3, -0.25) is 0 Å². The molecule has 21 heavy (non-hydrogen) atoms. The molecule has 0 aliphatic rings. The van der Waals surface area contributed by atoms with E-state index in [1.807, 2.05) is 12.1 Å². The topological polar surface area (TPSA) is 41.5 Å². The van der Waals surface area contributed by atoms with Crippen LogP contribution in [-0.2, 0) is 11.2 Å². The van der Waals surface area contributed by atoms with Crippen LogP contribution in [0.4, 0.5) is 0 Å². The molecule has 2 N–H and O–H groups in total. The van der Waals surface area contributed by atoms with E-state index in [-0.39, 0.29) is 0 Å². The second kappa shape index (κ2) is 10.8. The fraction of sp³-hybridized carbons (Fsp3) is 0.667. The Labute approximate surface area is 129 Å². The fourth-order valence-corrected chi connectivity index (χ4v) is 2.20. The zero-order chi connectivity index (χ0) is 15.5. The van der Waals surface area contributed by atoms with E-state index in [1.54, 1.807) is 0 Å². The van der Waals surface area contributed by atoms with Gasteiger partial charge in [0.1, 0.15) is 0 Å². The average Bonchev–Trinajstić information content (AvgIpc) is 2.46. The van der Waals surface area contributed by atoms with Crippen molar-refractivity contribution >= 4 is 0 Å². The van der Waals surface area contributed by atoms with E-state index in [0.29, 0.717) is 19.1 Å². The first kappa shape index (κ1) is 18.1. The summed E-state index contributed by atoms with van der Waals surface area (Å²) in [6, 6.07) is 8.29. The van der Waals surface area contributed by atoms with Crippen molar-refractivity contribution in [2.24, 2.45) is 5.92 Å². The van der Waals surface area contributed by atoms with Crippen molar-refractivity contribution < 1.29 is 9.84 Å². The second-order valence-electron chi connectivity index (χ2n) is 6.03. The van der Waals surface area contributed by atoms with Crippen LogP contribution in [0.15, 0.2) is 24.3 Å². The zero-order valence-corrected chi connectivity index (χ0v) is 13.8. The molecule has 0 saturated carbocycles. The Morgan fingerprint density at radius 3 is 2.48 bits per heavy atom. The molecule has 0 amide bonds. The maximum Gasteiger partial charge on any atom is 0.0914 e. The van der Waals surface area contributed by atoms with Crippen LogP contribution in [0.25, 0.3) is 0 Å². The summed E-state index contributed by atoms with van der Waals surface area (Å²) in [5, 5.41) is 13.4. The van der Waals surface area contributed by atoms with Gasteiger partial charge < -0.3 is 15.2 Å². The highest BCUT2D eigenvalue weighted by Gasteiger charge is 2.07. The number of rotatable bonds is 11. The molecule has 0 aromatic heterocycles. The van der Waals surface area contributed by atoms with Crippen molar-refractivity contribution in [2.45, 2.75) is 46.1 Å². The van der Waals surface area contributed by atoms with Crippen molar-refractivity contribution in [3.8, 4) is 0 Å². The summed E-state index contributed by atoms with van der Waals surface area (Å²) in [4.78, 5) is 0. The van der Waals surface area contributed by atoms with Gasteiger partial charge in [-0.2, -0.15) is 0 Å². The molecule has 0 fully saturated rings. The van der Waals surface area contributed by atoms with E-state index in [0.717, 1.165) is 31.6 Å². The third-order valence-corrected chi connectivity index (χ3v) is 3.41. The molecule has 1 aromatic carbocycles. The lowest BCUT2D eigenvalue weighted by Crippen LogP contribution is -2.25. The predicted octanol–water partition coefficient (Wildman–Crippen LogP) is 3.32. The third-order valence-electron chi connectivity index (χ3n) is 3.41. The predicted molar refractivity (Wildman–Crippen MR) is 88.5 cm³/mol. The van der Waals surface area contributed by atoms with Crippen LogP contribution in [0.2, 0.25) is 0 Å². The standard InChI is InChI=1S/C18H31NO2/c1-4-5-11-21-12-10-19-14-18(20)17-8-6-16(7-9-17)13-15(2)3/h6-9,15,18-20H,4-5,10-14H2,1-3H3. The number of benzene rings is 1. The van der Waals surface area contributed by atoms with Crippen molar-refractivity contribution in [1.82, 2.24) is 5.32 Å². The smallest absolute Gasteiger partial charge is 0.0914 e. The quantitative estimate of drug-likeness (QED) is 0.615. The Morgan fingerprint density at radius 1 is 1.14 bits per heavy atom. The SMILES string of the molecule is CCCCOCCNCC(O)c1ccc(CC(C)C)cc1. The summed E-state index contributed by atoms with van der Waals surface area (Å²) >= 11 is 0. The van der Waals surface area contributed by atoms with E-state index >= 15 is 0 Å². The van der Waals surface area contributed by atoms with Crippen LogP contribution in [0.1, 0.15) is 50.8 Å². The van der Waals surface area contributed by atoms with Crippen LogP contribution in [0, 0.1) is 5.92 Å². The lowest BCUT2D eigenvalue weighted by Gasteiger charge is -2.13. The summed E-state index contributed by atoms with van der Waals surface area (Å²) in [7, 11) is 0. The molecule has 0 heterocycles. The zero-order valence-electron chi connectivity index (χ0n) is 13.8. The summed E-state index contributed by atoms with van der Waals surface area (Å²) in [6.45, 7) is 9.49. The maximum atomic E-state index is 10.1. The summed E-state index contributed by atoms with van der Waals surface area (Å²) < 4.78 is 5.47. The first-order valence-corrected chi connectivity index (χ1v) is 8.18. The van der Waals surface area contributed by atoms with Crippen LogP contribution in [0.3, 0.4) is 0 Å². The molecule has 3 nitrogen and oxygen atoms in total. The van der Waals surface area contributed by atoms with Gasteiger partial charge in [0, 0.05) is 19.7 Å². The highest BCUT2D eigenvalue weighted by Crippen LogP contribution is 2.15. The van der Waals surface area contributed by atoms with Gasteiger partial charge in [-0.1, -0.05) is 51.5 Å². The van der Waals surface area contributed by atoms with E-state index in [1.165, 1.54) is 12.0 Å². The normalized spacial score (nSPS) is 12.8. The van der Waals surface area contributed by atoms with Gasteiger partial charge in [-0.05, 0) is 29.9 Å². The Bertz CT molecular complexity index is 362. The number of hydrogen-bond donors (Lipinski definition) is 2. The molecular formula is C18H31NO2. The number of aliphatic hydroxyl groups excluding tert-OH is 1. The van der Waals surface area contributed by atoms with Gasteiger partial charge in [0.05, 0.1) is 12.7 Å². The lowest BCUT2D eigenvalue weighted by molar-refractivity contribution is 0.125. The minimum absolute atomic E-state index is 0.450. The van der Waals surface area contributed by atoms with Crippen molar-refractivity contribution in [3.05, 3.63) is 35.4 Å². The monoisotopic (exact) mass is 293 g/mol. The Morgan fingerprint density at radius 2 is 1.86 bits per heavy atom. The van der Waals surface area contributed by atoms with Gasteiger partial charge in [0.25, 0.3) is 0 Å². The summed E-state index contributed by atoms with van der Waals surface area (Å²) in [6.07, 6.45) is 2.92. The minimum atomic E-state index is -0.450. The Kier molecular flexibility index (Phi) is 9.31. The molecule has 0 spiro atoms. The molecule has 0 aliphatic heterocycles. The van der Waals surface area contributed by atoms with Crippen LogP contribution < -0.4 is 5.32 Å². The van der Waals surface area contributed by atoms with E-state index in [4.69, 9.17) is 4.74 Å². The molecular weight excluding hydrogens is 262 g/mol. The number of unbranched alkanes of at least 4 members (excludes halogenated alkanes) is 1. The number of hydrogen-bond acceptors (Lipinski definition) is 3. The summed E-state index contributed by atoms with van der Waals surface area (Å²) in [5.41, 5.74) is 2.31. The lowest BCUT2D eigenvalue weighted by atomic mass is 10.0. The van der Waals surface area contributed by atoms with Gasteiger partial charge >= 0.3 is 0 Å². The van der Waals surface area contributed by atoms with E-state index < -0.39 is 6.10 Å². The fourth-order valence-electron chi connectivity index (χ4n) is 2.20. The van der Waals surface area contributed by atoms with Crippen molar-refractivity contribution in [2.75, 3.05) is 26.3 Å². The molecule has 1 atom stereocenters. The van der Waals surface area contributed by atoms with Gasteiger partial charge in [0.2, 0.25) is 0 Å². The Balaban J connectivity index is 2.21. The molecule has 0 radical (unpaired) electrons. The number of ether oxygens (including phenoxy) is 1. The molecule has 0 bridgehead atoms. The molecule has 0 saturated heterocycles. The van der Waals surface area contributed by atoms with E-state index in [9.17, 15) is 5.11 Å². The molecule has 3 heteroatoms. The molecule has 1 unspecified atom stereocenters. The first-order chi connectivity index (χ1) is 10.1. The third kappa shape index (κ3) is 8.20. The second-order valence-corrected chi connectivity index (χ2v) is 6.03. The highest BCUT2D eigenvalue weighted by atomic mass is 16.5. The number of nitrogens with one attached hydrogen (secondary N) is 1. The molecule has 0 aliphatic carbocycles. The first-order valence-electron chi connectivity index (χ1n) is 8.18. The highest BCUT2D eigenvalue weighted by molar-refractivity contribution is 5.24. The number of aliphatic hydroxyl groups is 1. The van der Waals surface area contributed by atoms with Crippen LogP contribution in [-0.4, -0.2) is 31.4 Å². The van der Waals surface area contributed by atoms with E-state index in [2.05, 4.69) is 38.2 Å². The van der Waals surface area contributed by atoms with Crippen LogP contribution >= 0.6 is 0 Å². The van der Waals surface area contributed by atoms with Crippen LogP contribution in [0.5, 0.6) is 0 Å². The average molecular weight is 293 g/mol. The van der Waals surface area contributed by atoms with Crippen molar-refractivity contribution in [1.29, 1.82) is 0 Å². The molecule has 1 aromatic rings. The maximum absolute atomic E-state index is 10.1. The van der Waals surface area contributed by atoms with Gasteiger partial charge in [0.15, 0.2) is 0 Å². The molecule has 1 rings (SSSR count). The largest absolute Gasteiger partial charge is 0.387 e. The Hall–Kier alpha value is -0.900. The van der Waals surface area contributed by atoms with Crippen molar-refractivity contribution in [3.63, 3.8) is 0 Å². The summed E-state index contributed by atoms with van der Waals surface area (Å²) in [5.74, 6) is 0.662. The van der Waals surface area contributed by atoms with Gasteiger partial charge in [-0.25, -0.2) is 0 Å². The van der Waals surface area contributed by atoms with Gasteiger partial charge in [-0.15, -0.1) is 0 Å². The molecule has 120 valence electrons.